The molecule has 0 heterocycles. The Morgan fingerprint density at radius 2 is 1.47 bits per heavy atom. The molecule has 2 nitrogen and oxygen atoms in total. The maximum absolute atomic E-state index is 12.4. The van der Waals surface area contributed by atoms with E-state index in [1.165, 1.54) is 6.92 Å². The first-order valence-electron chi connectivity index (χ1n) is 4.25. The van der Waals surface area contributed by atoms with Crippen molar-refractivity contribution in [2.24, 2.45) is 5.92 Å². The molecule has 1 amide bonds. The molecular formula is C8H12F5NO. The number of halogens is 5. The molecule has 0 aliphatic rings. The highest BCUT2D eigenvalue weighted by Crippen LogP contribution is 2.35. The molecule has 15 heavy (non-hydrogen) atoms. The number of alkyl halides is 5. The molecule has 0 saturated carbocycles. The number of nitrogens with one attached hydrogen (secondary N) is 1. The summed E-state index contributed by atoms with van der Waals surface area (Å²) in [7, 11) is 0. The zero-order chi connectivity index (χ0) is 12.4. The zero-order valence-corrected chi connectivity index (χ0v) is 8.45. The van der Waals surface area contributed by atoms with Gasteiger partial charge in [-0.25, -0.2) is 0 Å². The van der Waals surface area contributed by atoms with Gasteiger partial charge in [0.1, 0.15) is 0 Å². The number of amides is 1. The number of carbonyl (C=O) groups is 1. The minimum atomic E-state index is -5.85. The molecule has 0 aromatic rings. The zero-order valence-electron chi connectivity index (χ0n) is 8.45. The van der Waals surface area contributed by atoms with E-state index in [9.17, 15) is 26.7 Å². The van der Waals surface area contributed by atoms with Crippen LogP contribution in [-0.4, -0.2) is 24.0 Å². The first kappa shape index (κ1) is 14.1. The van der Waals surface area contributed by atoms with Crippen LogP contribution in [0.2, 0.25) is 0 Å². The summed E-state index contributed by atoms with van der Waals surface area (Å²) in [6.07, 6.45) is -5.85. The fourth-order valence-electron chi connectivity index (χ4n) is 0.593. The van der Waals surface area contributed by atoms with Gasteiger partial charge in [-0.15, -0.1) is 0 Å². The van der Waals surface area contributed by atoms with Gasteiger partial charge in [0.2, 0.25) is 0 Å². The average Bonchev–Trinajstić information content (AvgIpc) is 2.01. The standard InChI is InChI=1S/C8H12F5NO/c1-4(2)5(3)14-6(15)7(9,10)8(11,12)13/h4-5H,1-3H3,(H,14,15). The van der Waals surface area contributed by atoms with Crippen LogP contribution >= 0.6 is 0 Å². The van der Waals surface area contributed by atoms with E-state index in [2.05, 4.69) is 0 Å². The maximum atomic E-state index is 12.4. The van der Waals surface area contributed by atoms with Crippen LogP contribution in [0.5, 0.6) is 0 Å². The summed E-state index contributed by atoms with van der Waals surface area (Å²) in [4.78, 5) is 10.6. The molecule has 0 rings (SSSR count). The van der Waals surface area contributed by atoms with E-state index >= 15 is 0 Å². The minimum Gasteiger partial charge on any atom is -0.348 e. The lowest BCUT2D eigenvalue weighted by atomic mass is 10.1. The molecule has 0 saturated heterocycles. The topological polar surface area (TPSA) is 29.1 Å². The molecule has 0 bridgehead atoms. The third-order valence-corrected chi connectivity index (χ3v) is 2.00. The number of hydrogen-bond donors (Lipinski definition) is 1. The minimum absolute atomic E-state index is 0.224. The van der Waals surface area contributed by atoms with Crippen LogP contribution in [0.25, 0.3) is 0 Å². The molecule has 90 valence electrons. The van der Waals surface area contributed by atoms with E-state index in [4.69, 9.17) is 0 Å². The second-order valence-electron chi connectivity index (χ2n) is 3.58. The summed E-state index contributed by atoms with van der Waals surface area (Å²) < 4.78 is 60.0. The monoisotopic (exact) mass is 233 g/mol. The van der Waals surface area contributed by atoms with E-state index < -0.39 is 24.0 Å². The van der Waals surface area contributed by atoms with Gasteiger partial charge >= 0.3 is 18.0 Å². The molecule has 0 aromatic heterocycles. The number of hydrogen-bond acceptors (Lipinski definition) is 1. The fourth-order valence-corrected chi connectivity index (χ4v) is 0.593. The molecule has 1 N–H and O–H groups in total. The van der Waals surface area contributed by atoms with E-state index in [1.54, 1.807) is 19.2 Å². The van der Waals surface area contributed by atoms with Gasteiger partial charge in [-0.1, -0.05) is 13.8 Å². The molecule has 1 unspecified atom stereocenters. The molecule has 0 aliphatic heterocycles. The van der Waals surface area contributed by atoms with Crippen LogP contribution in [0.15, 0.2) is 0 Å². The van der Waals surface area contributed by atoms with Crippen LogP contribution in [0, 0.1) is 5.92 Å². The van der Waals surface area contributed by atoms with Crippen LogP contribution < -0.4 is 5.32 Å². The molecule has 0 aromatic carbocycles. The first-order chi connectivity index (χ1) is 6.50. The molecule has 0 aliphatic carbocycles. The largest absolute Gasteiger partial charge is 0.463 e. The summed E-state index contributed by atoms with van der Waals surface area (Å²) in [6.45, 7) is 4.54. The predicted molar refractivity (Wildman–Crippen MR) is 43.4 cm³/mol. The number of rotatable bonds is 3. The normalized spacial score (nSPS) is 15.3. The Hall–Kier alpha value is -0.880. The highest BCUT2D eigenvalue weighted by atomic mass is 19.4. The molecule has 0 spiro atoms. The highest BCUT2D eigenvalue weighted by molar-refractivity contribution is 5.84. The Morgan fingerprint density at radius 1 is 1.07 bits per heavy atom. The lowest BCUT2D eigenvalue weighted by Crippen LogP contribution is -2.53. The van der Waals surface area contributed by atoms with E-state index in [-0.39, 0.29) is 5.92 Å². The van der Waals surface area contributed by atoms with Crippen LogP contribution in [0.4, 0.5) is 22.0 Å². The van der Waals surface area contributed by atoms with Crippen LogP contribution in [0.1, 0.15) is 20.8 Å². The molecule has 7 heteroatoms. The Kier molecular flexibility index (Phi) is 4.07. The summed E-state index contributed by atoms with van der Waals surface area (Å²) in [6, 6.07) is -0.745. The quantitative estimate of drug-likeness (QED) is 0.745. The van der Waals surface area contributed by atoms with Gasteiger partial charge in [0.25, 0.3) is 0 Å². The van der Waals surface area contributed by atoms with Crippen molar-refractivity contribution in [3.05, 3.63) is 0 Å². The van der Waals surface area contributed by atoms with Crippen molar-refractivity contribution < 1.29 is 26.7 Å². The van der Waals surface area contributed by atoms with Crippen molar-refractivity contribution in [1.82, 2.24) is 5.32 Å². The van der Waals surface area contributed by atoms with Gasteiger partial charge in [-0.3, -0.25) is 4.79 Å². The van der Waals surface area contributed by atoms with Crippen molar-refractivity contribution in [3.63, 3.8) is 0 Å². The van der Waals surface area contributed by atoms with Crippen LogP contribution in [-0.2, 0) is 4.79 Å². The van der Waals surface area contributed by atoms with Crippen molar-refractivity contribution in [1.29, 1.82) is 0 Å². The van der Waals surface area contributed by atoms with E-state index in [0.717, 1.165) is 0 Å². The highest BCUT2D eigenvalue weighted by Gasteiger charge is 2.63. The third kappa shape index (κ3) is 3.32. The van der Waals surface area contributed by atoms with Crippen LogP contribution in [0.3, 0.4) is 0 Å². The smallest absolute Gasteiger partial charge is 0.348 e. The molecular weight excluding hydrogens is 221 g/mol. The van der Waals surface area contributed by atoms with Crippen molar-refractivity contribution in [2.75, 3.05) is 0 Å². The lowest BCUT2D eigenvalue weighted by molar-refractivity contribution is -0.270. The van der Waals surface area contributed by atoms with Crippen molar-refractivity contribution >= 4 is 5.91 Å². The van der Waals surface area contributed by atoms with Crippen molar-refractivity contribution in [2.45, 2.75) is 38.9 Å². The number of carbonyl (C=O) groups excluding carboxylic acids is 1. The Balaban J connectivity index is 4.59. The van der Waals surface area contributed by atoms with Gasteiger partial charge in [0, 0.05) is 6.04 Å². The SMILES string of the molecule is CC(C)C(C)NC(=O)C(F)(F)C(F)(F)F. The van der Waals surface area contributed by atoms with Gasteiger partial charge in [-0.05, 0) is 12.8 Å². The molecule has 0 fully saturated rings. The third-order valence-electron chi connectivity index (χ3n) is 2.00. The fraction of sp³-hybridized carbons (Fsp3) is 0.875. The predicted octanol–water partition coefficient (Wildman–Crippen LogP) is 2.34. The lowest BCUT2D eigenvalue weighted by Gasteiger charge is -2.23. The summed E-state index contributed by atoms with van der Waals surface area (Å²) in [5, 5.41) is 1.62. The van der Waals surface area contributed by atoms with Gasteiger partial charge in [0.15, 0.2) is 0 Å². The molecule has 1 atom stereocenters. The Bertz CT molecular complexity index is 236. The van der Waals surface area contributed by atoms with E-state index in [1.807, 2.05) is 0 Å². The second kappa shape index (κ2) is 4.32. The van der Waals surface area contributed by atoms with Gasteiger partial charge in [0.05, 0.1) is 0 Å². The first-order valence-corrected chi connectivity index (χ1v) is 4.25. The Morgan fingerprint density at radius 3 is 1.73 bits per heavy atom. The van der Waals surface area contributed by atoms with Crippen molar-refractivity contribution in [3.8, 4) is 0 Å². The maximum Gasteiger partial charge on any atom is 0.463 e. The molecule has 0 radical (unpaired) electrons. The van der Waals surface area contributed by atoms with Gasteiger partial charge < -0.3 is 5.32 Å². The van der Waals surface area contributed by atoms with E-state index in [0.29, 0.717) is 0 Å². The summed E-state index contributed by atoms with van der Waals surface area (Å²) in [5.41, 5.74) is 0. The Labute approximate surface area is 83.8 Å². The summed E-state index contributed by atoms with van der Waals surface area (Å²) >= 11 is 0. The second-order valence-corrected chi connectivity index (χ2v) is 3.58. The summed E-state index contributed by atoms with van der Waals surface area (Å²) in [5.74, 6) is -7.87. The average molecular weight is 233 g/mol. The van der Waals surface area contributed by atoms with Gasteiger partial charge in [-0.2, -0.15) is 22.0 Å².